The van der Waals surface area contributed by atoms with Crippen LogP contribution < -0.4 is 10.0 Å². The molecule has 0 saturated carbocycles. The molecule has 118 valence electrons. The molecule has 2 rings (SSSR count). The van der Waals surface area contributed by atoms with E-state index in [0.29, 0.717) is 31.7 Å². The van der Waals surface area contributed by atoms with Crippen molar-refractivity contribution in [2.75, 3.05) is 26.2 Å². The standard InChI is InChI=1S/C12H16F3N3O2S/c13-12(14,15)11-3-1-10(2-4-11)9-17-21(19,20)18-7-5-16-6-8-18/h1-4,16-17H,5-9H2. The SMILES string of the molecule is O=S(=O)(NCc1ccc(C(F)(F)F)cc1)N1CCNCC1. The van der Waals surface area contributed by atoms with Crippen molar-refractivity contribution in [1.82, 2.24) is 14.3 Å². The lowest BCUT2D eigenvalue weighted by Crippen LogP contribution is -2.50. The van der Waals surface area contributed by atoms with Gasteiger partial charge in [0.25, 0.3) is 10.2 Å². The van der Waals surface area contributed by atoms with Gasteiger partial charge in [0.05, 0.1) is 5.56 Å². The molecule has 1 saturated heterocycles. The van der Waals surface area contributed by atoms with Crippen molar-refractivity contribution in [3.8, 4) is 0 Å². The zero-order valence-corrected chi connectivity index (χ0v) is 12.0. The Kier molecular flexibility index (Phi) is 4.87. The first kappa shape index (κ1) is 16.2. The maximum absolute atomic E-state index is 12.4. The van der Waals surface area contributed by atoms with E-state index in [9.17, 15) is 21.6 Å². The predicted molar refractivity (Wildman–Crippen MR) is 71.6 cm³/mol. The number of rotatable bonds is 4. The van der Waals surface area contributed by atoms with E-state index in [1.807, 2.05) is 0 Å². The monoisotopic (exact) mass is 323 g/mol. The minimum absolute atomic E-state index is 0.0373. The third-order valence-electron chi connectivity index (χ3n) is 3.16. The highest BCUT2D eigenvalue weighted by Gasteiger charge is 2.30. The molecule has 1 aliphatic heterocycles. The maximum atomic E-state index is 12.4. The van der Waals surface area contributed by atoms with Crippen molar-refractivity contribution in [3.63, 3.8) is 0 Å². The van der Waals surface area contributed by atoms with Crippen LogP contribution in [0.3, 0.4) is 0 Å². The van der Waals surface area contributed by atoms with Gasteiger partial charge in [-0.25, -0.2) is 0 Å². The molecule has 5 nitrogen and oxygen atoms in total. The maximum Gasteiger partial charge on any atom is 0.416 e. The van der Waals surface area contributed by atoms with E-state index in [-0.39, 0.29) is 6.54 Å². The molecular formula is C12H16F3N3O2S. The number of nitrogens with one attached hydrogen (secondary N) is 2. The molecule has 0 atom stereocenters. The molecule has 0 spiro atoms. The summed E-state index contributed by atoms with van der Waals surface area (Å²) >= 11 is 0. The van der Waals surface area contributed by atoms with Gasteiger partial charge in [0.15, 0.2) is 0 Å². The summed E-state index contributed by atoms with van der Waals surface area (Å²) < 4.78 is 64.9. The minimum Gasteiger partial charge on any atom is -0.314 e. The lowest BCUT2D eigenvalue weighted by molar-refractivity contribution is -0.137. The molecule has 2 N–H and O–H groups in total. The number of nitrogens with zero attached hydrogens (tertiary/aromatic N) is 1. The van der Waals surface area contributed by atoms with Gasteiger partial charge in [-0.2, -0.15) is 30.6 Å². The summed E-state index contributed by atoms with van der Waals surface area (Å²) in [6.45, 7) is 1.89. The zero-order valence-electron chi connectivity index (χ0n) is 11.2. The molecule has 1 aliphatic rings. The smallest absolute Gasteiger partial charge is 0.314 e. The summed E-state index contributed by atoms with van der Waals surface area (Å²) in [5, 5.41) is 3.04. The van der Waals surface area contributed by atoms with Crippen LogP contribution in [-0.4, -0.2) is 38.9 Å². The average Bonchev–Trinajstić information content (AvgIpc) is 2.46. The predicted octanol–water partition coefficient (Wildman–Crippen LogP) is 0.945. The summed E-state index contributed by atoms with van der Waals surface area (Å²) in [6, 6.07) is 4.41. The Balaban J connectivity index is 1.96. The van der Waals surface area contributed by atoms with Crippen LogP contribution in [-0.2, 0) is 22.9 Å². The fourth-order valence-corrected chi connectivity index (χ4v) is 3.16. The van der Waals surface area contributed by atoms with Crippen LogP contribution in [0, 0.1) is 0 Å². The van der Waals surface area contributed by atoms with Crippen LogP contribution in [0.4, 0.5) is 13.2 Å². The van der Waals surface area contributed by atoms with Crippen molar-refractivity contribution in [2.45, 2.75) is 12.7 Å². The Morgan fingerprint density at radius 1 is 1.14 bits per heavy atom. The van der Waals surface area contributed by atoms with Crippen molar-refractivity contribution in [1.29, 1.82) is 0 Å². The Morgan fingerprint density at radius 3 is 2.24 bits per heavy atom. The van der Waals surface area contributed by atoms with Crippen LogP contribution in [0.25, 0.3) is 0 Å². The summed E-state index contributed by atoms with van der Waals surface area (Å²) in [5.41, 5.74) is -0.280. The Bertz CT molecular complexity index is 566. The van der Waals surface area contributed by atoms with Crippen molar-refractivity contribution in [2.24, 2.45) is 0 Å². The second kappa shape index (κ2) is 6.30. The van der Waals surface area contributed by atoms with Crippen LogP contribution in [0.2, 0.25) is 0 Å². The third kappa shape index (κ3) is 4.40. The average molecular weight is 323 g/mol. The van der Waals surface area contributed by atoms with Crippen molar-refractivity contribution < 1.29 is 21.6 Å². The first-order valence-corrected chi connectivity index (χ1v) is 7.85. The van der Waals surface area contributed by atoms with Crippen molar-refractivity contribution >= 4 is 10.2 Å². The number of hydrogen-bond acceptors (Lipinski definition) is 3. The molecule has 0 radical (unpaired) electrons. The van der Waals surface area contributed by atoms with E-state index in [1.54, 1.807) is 0 Å². The molecule has 1 aromatic rings. The molecule has 21 heavy (non-hydrogen) atoms. The van der Waals surface area contributed by atoms with Gasteiger partial charge < -0.3 is 5.32 Å². The molecule has 0 aromatic heterocycles. The number of alkyl halides is 3. The quantitative estimate of drug-likeness (QED) is 0.867. The van der Waals surface area contributed by atoms with E-state index in [1.165, 1.54) is 16.4 Å². The number of halogens is 3. The van der Waals surface area contributed by atoms with Gasteiger partial charge in [-0.15, -0.1) is 0 Å². The topological polar surface area (TPSA) is 61.4 Å². The molecule has 9 heteroatoms. The van der Waals surface area contributed by atoms with Crippen LogP contribution in [0.1, 0.15) is 11.1 Å². The van der Waals surface area contributed by atoms with Gasteiger partial charge in [-0.05, 0) is 17.7 Å². The lowest BCUT2D eigenvalue weighted by Gasteiger charge is -2.26. The van der Waals surface area contributed by atoms with E-state index >= 15 is 0 Å². The van der Waals surface area contributed by atoms with E-state index < -0.39 is 21.9 Å². The molecule has 1 aromatic carbocycles. The van der Waals surface area contributed by atoms with Crippen LogP contribution >= 0.6 is 0 Å². The summed E-state index contributed by atoms with van der Waals surface area (Å²) in [6.07, 6.45) is -4.39. The number of benzene rings is 1. The highest BCUT2D eigenvalue weighted by atomic mass is 32.2. The molecular weight excluding hydrogens is 307 g/mol. The van der Waals surface area contributed by atoms with Crippen molar-refractivity contribution in [3.05, 3.63) is 35.4 Å². The minimum atomic E-state index is -4.39. The van der Waals surface area contributed by atoms with Gasteiger partial charge in [-0.3, -0.25) is 0 Å². The number of hydrogen-bond donors (Lipinski definition) is 2. The summed E-state index contributed by atoms with van der Waals surface area (Å²) in [5.74, 6) is 0. The van der Waals surface area contributed by atoms with Gasteiger partial charge in [0.1, 0.15) is 0 Å². The second-order valence-electron chi connectivity index (χ2n) is 4.67. The zero-order chi connectivity index (χ0) is 15.5. The molecule has 1 fully saturated rings. The Labute approximate surface area is 121 Å². The van der Waals surface area contributed by atoms with E-state index in [0.717, 1.165) is 12.1 Å². The Hall–Kier alpha value is -1.16. The largest absolute Gasteiger partial charge is 0.416 e. The van der Waals surface area contributed by atoms with E-state index in [4.69, 9.17) is 0 Å². The van der Waals surface area contributed by atoms with Crippen LogP contribution in [0.5, 0.6) is 0 Å². The summed E-state index contributed by atoms with van der Waals surface area (Å²) in [4.78, 5) is 0. The van der Waals surface area contributed by atoms with Gasteiger partial charge in [0, 0.05) is 32.7 Å². The fraction of sp³-hybridized carbons (Fsp3) is 0.500. The van der Waals surface area contributed by atoms with Gasteiger partial charge in [-0.1, -0.05) is 12.1 Å². The van der Waals surface area contributed by atoms with Gasteiger partial charge >= 0.3 is 6.18 Å². The highest BCUT2D eigenvalue weighted by molar-refractivity contribution is 7.87. The lowest BCUT2D eigenvalue weighted by atomic mass is 10.1. The number of piperazine rings is 1. The first-order chi connectivity index (χ1) is 9.79. The molecule has 1 heterocycles. The highest BCUT2D eigenvalue weighted by Crippen LogP contribution is 2.29. The molecule has 0 bridgehead atoms. The first-order valence-electron chi connectivity index (χ1n) is 6.41. The molecule has 0 amide bonds. The van der Waals surface area contributed by atoms with E-state index in [2.05, 4.69) is 10.0 Å². The molecule has 0 aliphatic carbocycles. The Morgan fingerprint density at radius 2 is 1.71 bits per heavy atom. The second-order valence-corrected chi connectivity index (χ2v) is 6.43. The summed E-state index contributed by atoms with van der Waals surface area (Å²) in [7, 11) is -3.60. The van der Waals surface area contributed by atoms with Gasteiger partial charge in [0.2, 0.25) is 0 Å². The van der Waals surface area contributed by atoms with Crippen LogP contribution in [0.15, 0.2) is 24.3 Å². The molecule has 0 unspecified atom stereocenters. The third-order valence-corrected chi connectivity index (χ3v) is 4.71. The normalized spacial score (nSPS) is 17.9. The fourth-order valence-electron chi connectivity index (χ4n) is 1.96.